The predicted molar refractivity (Wildman–Crippen MR) is 116 cm³/mol. The quantitative estimate of drug-likeness (QED) is 0.520. The van der Waals surface area contributed by atoms with Crippen LogP contribution in [-0.4, -0.2) is 35.6 Å². The second-order valence-electron chi connectivity index (χ2n) is 8.82. The van der Waals surface area contributed by atoms with Crippen LogP contribution in [0.15, 0.2) is 30.3 Å². The average Bonchev–Trinajstić information content (AvgIpc) is 2.70. The third-order valence-electron chi connectivity index (χ3n) is 6.09. The molecule has 166 valence electrons. The van der Waals surface area contributed by atoms with Gasteiger partial charge in [-0.1, -0.05) is 57.5 Å². The molecule has 1 aromatic rings. The largest absolute Gasteiger partial charge is 0.465 e. The second kappa shape index (κ2) is 11.0. The van der Waals surface area contributed by atoms with Crippen molar-refractivity contribution in [1.29, 1.82) is 0 Å². The Morgan fingerprint density at radius 3 is 2.33 bits per heavy atom. The van der Waals surface area contributed by atoms with Crippen LogP contribution in [0.5, 0.6) is 0 Å². The molecular weight excluding hydrogens is 382 g/mol. The van der Waals surface area contributed by atoms with Crippen LogP contribution in [0.2, 0.25) is 0 Å². The topological polar surface area (TPSA) is 108 Å². The number of amides is 3. The van der Waals surface area contributed by atoms with E-state index in [0.29, 0.717) is 17.8 Å². The summed E-state index contributed by atoms with van der Waals surface area (Å²) in [5.41, 5.74) is 0.853. The normalized spacial score (nSPS) is 23.3. The molecule has 0 spiro atoms. The van der Waals surface area contributed by atoms with Gasteiger partial charge in [0, 0.05) is 12.5 Å². The van der Waals surface area contributed by atoms with Gasteiger partial charge in [-0.15, -0.1) is 0 Å². The summed E-state index contributed by atoms with van der Waals surface area (Å²) in [7, 11) is 0. The number of nitrogens with one attached hydrogen (secondary N) is 3. The van der Waals surface area contributed by atoms with Crippen LogP contribution >= 0.6 is 0 Å². The van der Waals surface area contributed by atoms with Crippen molar-refractivity contribution < 1.29 is 19.5 Å². The fraction of sp³-hybridized carbons (Fsp3) is 0.609. The van der Waals surface area contributed by atoms with Crippen molar-refractivity contribution in [2.24, 2.45) is 23.7 Å². The fourth-order valence-electron chi connectivity index (χ4n) is 4.32. The number of carboxylic acid groups (broad SMARTS) is 1. The molecule has 0 aromatic heterocycles. The van der Waals surface area contributed by atoms with Gasteiger partial charge in [0.15, 0.2) is 0 Å². The van der Waals surface area contributed by atoms with E-state index in [1.54, 1.807) is 0 Å². The number of rotatable bonds is 8. The highest BCUT2D eigenvalue weighted by Gasteiger charge is 2.35. The summed E-state index contributed by atoms with van der Waals surface area (Å²) in [6.07, 6.45) is 1.85. The minimum atomic E-state index is -1.26. The Bertz CT molecular complexity index is 722. The maximum absolute atomic E-state index is 13.0. The van der Waals surface area contributed by atoms with E-state index in [2.05, 4.69) is 36.7 Å². The highest BCUT2D eigenvalue weighted by Crippen LogP contribution is 2.38. The smallest absolute Gasteiger partial charge is 0.405 e. The van der Waals surface area contributed by atoms with Gasteiger partial charge in [0.1, 0.15) is 6.04 Å². The van der Waals surface area contributed by atoms with Crippen LogP contribution in [0.1, 0.15) is 58.6 Å². The van der Waals surface area contributed by atoms with E-state index in [1.165, 1.54) is 6.92 Å². The highest BCUT2D eigenvalue weighted by molar-refractivity contribution is 5.85. The van der Waals surface area contributed by atoms with Crippen LogP contribution < -0.4 is 16.0 Å². The monoisotopic (exact) mass is 417 g/mol. The number of carbonyl (C=O) groups is 3. The zero-order chi connectivity index (χ0) is 22.3. The Kier molecular flexibility index (Phi) is 8.69. The molecule has 1 fully saturated rings. The molecule has 30 heavy (non-hydrogen) atoms. The molecule has 1 aliphatic rings. The Balaban J connectivity index is 2.07. The standard InChI is InChI=1S/C23H35N3O4/c1-14(2)18-11-10-15(3)12-19(18)22(28)24-13-20(17-8-6-5-7-9-17)26-21(27)16(4)25-23(29)30/h5-9,14-16,18-20,25H,10-13H2,1-4H3,(H,24,28)(H,26,27)(H,29,30)/t15-,16-,18+,19-,20+/m1/s1. The molecule has 2 rings (SSSR count). The molecule has 0 saturated heterocycles. The second-order valence-corrected chi connectivity index (χ2v) is 8.82. The molecule has 0 aliphatic heterocycles. The molecule has 4 N–H and O–H groups in total. The van der Waals surface area contributed by atoms with Gasteiger partial charge in [0.2, 0.25) is 11.8 Å². The Labute approximate surface area is 179 Å². The van der Waals surface area contributed by atoms with Crippen molar-refractivity contribution in [2.75, 3.05) is 6.54 Å². The van der Waals surface area contributed by atoms with Gasteiger partial charge in [-0.3, -0.25) is 9.59 Å². The Hall–Kier alpha value is -2.57. The van der Waals surface area contributed by atoms with E-state index in [-0.39, 0.29) is 18.4 Å². The lowest BCUT2D eigenvalue weighted by atomic mass is 9.70. The molecule has 1 saturated carbocycles. The number of carbonyl (C=O) groups excluding carboxylic acids is 2. The summed E-state index contributed by atoms with van der Waals surface area (Å²) >= 11 is 0. The molecular formula is C23H35N3O4. The lowest BCUT2D eigenvalue weighted by Crippen LogP contribution is -2.48. The average molecular weight is 418 g/mol. The number of hydrogen-bond acceptors (Lipinski definition) is 3. The van der Waals surface area contributed by atoms with Crippen molar-refractivity contribution in [1.82, 2.24) is 16.0 Å². The van der Waals surface area contributed by atoms with Gasteiger partial charge in [0.25, 0.3) is 0 Å². The summed E-state index contributed by atoms with van der Waals surface area (Å²) < 4.78 is 0. The minimum Gasteiger partial charge on any atom is -0.465 e. The third-order valence-corrected chi connectivity index (χ3v) is 6.09. The van der Waals surface area contributed by atoms with Crippen LogP contribution in [0.3, 0.4) is 0 Å². The van der Waals surface area contributed by atoms with Crippen molar-refractivity contribution in [3.63, 3.8) is 0 Å². The fourth-order valence-corrected chi connectivity index (χ4v) is 4.32. The van der Waals surface area contributed by atoms with E-state index in [4.69, 9.17) is 5.11 Å². The zero-order valence-electron chi connectivity index (χ0n) is 18.4. The zero-order valence-corrected chi connectivity index (χ0v) is 18.4. The molecule has 7 nitrogen and oxygen atoms in total. The molecule has 0 unspecified atom stereocenters. The van der Waals surface area contributed by atoms with E-state index in [0.717, 1.165) is 24.8 Å². The number of benzene rings is 1. The van der Waals surface area contributed by atoms with Gasteiger partial charge >= 0.3 is 6.09 Å². The molecule has 0 radical (unpaired) electrons. The highest BCUT2D eigenvalue weighted by atomic mass is 16.4. The maximum atomic E-state index is 13.0. The predicted octanol–water partition coefficient (Wildman–Crippen LogP) is 3.32. The SMILES string of the molecule is CC(C)[C@@H]1CC[C@@H](C)C[C@H]1C(=O)NC[C@H](NC(=O)[C@@H](C)NC(=O)O)c1ccccc1. The van der Waals surface area contributed by atoms with Crippen molar-refractivity contribution in [3.05, 3.63) is 35.9 Å². The molecule has 3 amide bonds. The molecule has 1 aromatic carbocycles. The molecule has 0 bridgehead atoms. The lowest BCUT2D eigenvalue weighted by Gasteiger charge is -2.36. The first-order valence-corrected chi connectivity index (χ1v) is 10.8. The summed E-state index contributed by atoms with van der Waals surface area (Å²) in [6.45, 7) is 8.28. The van der Waals surface area contributed by atoms with Crippen molar-refractivity contribution in [2.45, 2.75) is 59.0 Å². The first-order chi connectivity index (χ1) is 14.2. The summed E-state index contributed by atoms with van der Waals surface area (Å²) in [4.78, 5) is 36.3. The van der Waals surface area contributed by atoms with Crippen LogP contribution in [0.25, 0.3) is 0 Å². The van der Waals surface area contributed by atoms with E-state index in [9.17, 15) is 14.4 Å². The van der Waals surface area contributed by atoms with Crippen LogP contribution in [0, 0.1) is 23.7 Å². The summed E-state index contributed by atoms with van der Waals surface area (Å²) in [5.74, 6) is 0.919. The van der Waals surface area contributed by atoms with Crippen molar-refractivity contribution in [3.8, 4) is 0 Å². The molecule has 1 aliphatic carbocycles. The van der Waals surface area contributed by atoms with Gasteiger partial charge in [0.05, 0.1) is 6.04 Å². The Morgan fingerprint density at radius 1 is 1.07 bits per heavy atom. The summed E-state index contributed by atoms with van der Waals surface area (Å²) in [5, 5.41) is 16.9. The van der Waals surface area contributed by atoms with Gasteiger partial charge in [-0.2, -0.15) is 0 Å². The minimum absolute atomic E-state index is 0.0199. The van der Waals surface area contributed by atoms with Gasteiger partial charge < -0.3 is 21.1 Å². The first kappa shape index (κ1) is 23.7. The van der Waals surface area contributed by atoms with Gasteiger partial charge in [-0.05, 0) is 43.1 Å². The van der Waals surface area contributed by atoms with E-state index in [1.807, 2.05) is 30.3 Å². The third kappa shape index (κ3) is 6.75. The van der Waals surface area contributed by atoms with Gasteiger partial charge in [-0.25, -0.2) is 4.79 Å². The molecule has 7 heteroatoms. The molecule has 5 atom stereocenters. The van der Waals surface area contributed by atoms with Crippen LogP contribution in [-0.2, 0) is 9.59 Å². The Morgan fingerprint density at radius 2 is 1.73 bits per heavy atom. The number of hydrogen-bond donors (Lipinski definition) is 4. The summed E-state index contributed by atoms with van der Waals surface area (Å²) in [6, 6.07) is 8.04. The first-order valence-electron chi connectivity index (χ1n) is 10.8. The van der Waals surface area contributed by atoms with Crippen LogP contribution in [0.4, 0.5) is 4.79 Å². The lowest BCUT2D eigenvalue weighted by molar-refractivity contribution is -0.130. The molecule has 0 heterocycles. The van der Waals surface area contributed by atoms with E-state index < -0.39 is 24.1 Å². The maximum Gasteiger partial charge on any atom is 0.405 e. The van der Waals surface area contributed by atoms with E-state index >= 15 is 0 Å². The van der Waals surface area contributed by atoms with Crippen molar-refractivity contribution >= 4 is 17.9 Å².